The van der Waals surface area contributed by atoms with Crippen LogP contribution in [0.15, 0.2) is 78.9 Å². The maximum atomic E-state index is 11.6. The first-order valence-electron chi connectivity index (χ1n) is 8.63. The summed E-state index contributed by atoms with van der Waals surface area (Å²) in [5.41, 5.74) is 3.98. The van der Waals surface area contributed by atoms with Crippen LogP contribution >= 0.6 is 0 Å². The van der Waals surface area contributed by atoms with Crippen molar-refractivity contribution >= 4 is 6.29 Å². The second-order valence-electron chi connectivity index (χ2n) is 6.03. The minimum atomic E-state index is 0.201. The third-order valence-electron chi connectivity index (χ3n) is 4.41. The number of aldehydes is 1. The summed E-state index contributed by atoms with van der Waals surface area (Å²) in [5.74, 6) is 0.893. The van der Waals surface area contributed by atoms with E-state index in [2.05, 4.69) is 25.1 Å². The van der Waals surface area contributed by atoms with Gasteiger partial charge in [0.25, 0.3) is 0 Å². The molecule has 25 heavy (non-hydrogen) atoms. The summed E-state index contributed by atoms with van der Waals surface area (Å²) >= 11 is 0. The number of benzene rings is 3. The Morgan fingerprint density at radius 1 is 0.880 bits per heavy atom. The van der Waals surface area contributed by atoms with E-state index in [-0.39, 0.29) is 5.92 Å². The number of para-hydroxylation sites is 1. The van der Waals surface area contributed by atoms with Crippen molar-refractivity contribution in [2.75, 3.05) is 0 Å². The quantitative estimate of drug-likeness (QED) is 0.526. The second-order valence-corrected chi connectivity index (χ2v) is 6.03. The number of ether oxygens (including phenoxy) is 1. The molecule has 0 saturated heterocycles. The van der Waals surface area contributed by atoms with E-state index >= 15 is 0 Å². The number of hydrogen-bond acceptors (Lipinski definition) is 2. The molecule has 0 aliphatic rings. The average Bonchev–Trinajstić information content (AvgIpc) is 2.69. The van der Waals surface area contributed by atoms with E-state index < -0.39 is 0 Å². The molecule has 1 atom stereocenters. The van der Waals surface area contributed by atoms with Crippen molar-refractivity contribution in [2.45, 2.75) is 25.9 Å². The first kappa shape index (κ1) is 17.0. The molecule has 126 valence electrons. The number of rotatable bonds is 7. The minimum Gasteiger partial charge on any atom is -0.488 e. The van der Waals surface area contributed by atoms with E-state index in [1.165, 1.54) is 5.56 Å². The van der Waals surface area contributed by atoms with Crippen molar-refractivity contribution in [1.29, 1.82) is 0 Å². The highest BCUT2D eigenvalue weighted by Crippen LogP contribution is 2.36. The summed E-state index contributed by atoms with van der Waals surface area (Å²) in [5, 5.41) is 0. The van der Waals surface area contributed by atoms with Crippen molar-refractivity contribution in [3.63, 3.8) is 0 Å². The summed E-state index contributed by atoms with van der Waals surface area (Å²) in [4.78, 5) is 11.6. The van der Waals surface area contributed by atoms with Gasteiger partial charge in [-0.15, -0.1) is 0 Å². The Hall–Kier alpha value is -2.87. The normalized spacial score (nSPS) is 11.7. The number of carbonyl (C=O) groups is 1. The summed E-state index contributed by atoms with van der Waals surface area (Å²) in [6, 6.07) is 26.2. The predicted octanol–water partition coefficient (Wildman–Crippen LogP) is 5.62. The van der Waals surface area contributed by atoms with Gasteiger partial charge < -0.3 is 4.74 Å². The number of hydrogen-bond donors (Lipinski definition) is 0. The fourth-order valence-corrected chi connectivity index (χ4v) is 3.16. The van der Waals surface area contributed by atoms with Crippen LogP contribution in [0.25, 0.3) is 0 Å². The molecule has 0 N–H and O–H groups in total. The molecule has 0 amide bonds. The molecule has 0 radical (unpaired) electrons. The summed E-state index contributed by atoms with van der Waals surface area (Å²) < 4.78 is 6.12. The molecule has 3 aromatic carbocycles. The molecule has 0 saturated carbocycles. The van der Waals surface area contributed by atoms with Gasteiger partial charge in [-0.3, -0.25) is 4.79 Å². The van der Waals surface area contributed by atoms with Gasteiger partial charge in [0.1, 0.15) is 12.4 Å². The average molecular weight is 330 g/mol. The maximum Gasteiger partial charge on any atom is 0.153 e. The highest BCUT2D eigenvalue weighted by atomic mass is 16.5. The maximum absolute atomic E-state index is 11.6. The zero-order valence-corrected chi connectivity index (χ0v) is 14.4. The predicted molar refractivity (Wildman–Crippen MR) is 101 cm³/mol. The molecule has 0 unspecified atom stereocenters. The third kappa shape index (κ3) is 3.97. The van der Waals surface area contributed by atoms with Gasteiger partial charge in [-0.2, -0.15) is 0 Å². The van der Waals surface area contributed by atoms with E-state index in [0.29, 0.717) is 17.9 Å². The molecule has 3 aromatic rings. The lowest BCUT2D eigenvalue weighted by molar-refractivity contribution is 0.111. The topological polar surface area (TPSA) is 26.3 Å². The zero-order chi connectivity index (χ0) is 17.5. The Morgan fingerprint density at radius 3 is 2.20 bits per heavy atom. The first-order chi connectivity index (χ1) is 12.3. The van der Waals surface area contributed by atoms with Crippen molar-refractivity contribution in [2.24, 2.45) is 0 Å². The van der Waals surface area contributed by atoms with Crippen LogP contribution in [-0.2, 0) is 6.61 Å². The zero-order valence-electron chi connectivity index (χ0n) is 14.4. The summed E-state index contributed by atoms with van der Waals surface area (Å²) in [7, 11) is 0. The standard InChI is InChI=1S/C23H22O2/c1-2-21(19-12-7-4-8-13-19)22-15-9-14-20(16-24)23(22)25-17-18-10-5-3-6-11-18/h3-16,21H,2,17H2,1H3/t21-/m0/s1. The molecule has 2 nitrogen and oxygen atoms in total. The molecule has 0 aliphatic heterocycles. The van der Waals surface area contributed by atoms with Crippen LogP contribution in [-0.4, -0.2) is 6.29 Å². The molecular formula is C23H22O2. The van der Waals surface area contributed by atoms with Gasteiger partial charge in [0, 0.05) is 11.5 Å². The number of carbonyl (C=O) groups excluding carboxylic acids is 1. The SMILES string of the molecule is CC[C@@H](c1ccccc1)c1cccc(C=O)c1OCc1ccccc1. The van der Waals surface area contributed by atoms with Gasteiger partial charge in [-0.1, -0.05) is 79.7 Å². The highest BCUT2D eigenvalue weighted by molar-refractivity contribution is 5.80. The lowest BCUT2D eigenvalue weighted by Crippen LogP contribution is -2.06. The van der Waals surface area contributed by atoms with Crippen molar-refractivity contribution < 1.29 is 9.53 Å². The van der Waals surface area contributed by atoms with Gasteiger partial charge in [-0.25, -0.2) is 0 Å². The van der Waals surface area contributed by atoms with Gasteiger partial charge in [0.2, 0.25) is 0 Å². The fraction of sp³-hybridized carbons (Fsp3) is 0.174. The van der Waals surface area contributed by atoms with Gasteiger partial charge >= 0.3 is 0 Å². The Bertz CT molecular complexity index is 810. The van der Waals surface area contributed by atoms with Crippen LogP contribution in [0.2, 0.25) is 0 Å². The molecular weight excluding hydrogens is 308 g/mol. The Kier molecular flexibility index (Phi) is 5.63. The van der Waals surface area contributed by atoms with Crippen LogP contribution in [0.3, 0.4) is 0 Å². The van der Waals surface area contributed by atoms with Crippen LogP contribution in [0.1, 0.15) is 46.3 Å². The van der Waals surface area contributed by atoms with E-state index in [0.717, 1.165) is 23.8 Å². The highest BCUT2D eigenvalue weighted by Gasteiger charge is 2.19. The summed E-state index contributed by atoms with van der Waals surface area (Å²) in [6.45, 7) is 2.61. The fourth-order valence-electron chi connectivity index (χ4n) is 3.16. The second kappa shape index (κ2) is 8.29. The molecule has 3 rings (SSSR count). The monoisotopic (exact) mass is 330 g/mol. The van der Waals surface area contributed by atoms with Gasteiger partial charge in [0.05, 0.1) is 5.56 Å². The molecule has 0 aliphatic carbocycles. The Balaban J connectivity index is 1.97. The van der Waals surface area contributed by atoms with E-state index in [1.54, 1.807) is 0 Å². The van der Waals surface area contributed by atoms with Crippen LogP contribution in [0.4, 0.5) is 0 Å². The van der Waals surface area contributed by atoms with Crippen molar-refractivity contribution in [1.82, 2.24) is 0 Å². The largest absolute Gasteiger partial charge is 0.488 e. The van der Waals surface area contributed by atoms with Crippen LogP contribution in [0.5, 0.6) is 5.75 Å². The third-order valence-corrected chi connectivity index (χ3v) is 4.41. The van der Waals surface area contributed by atoms with Crippen molar-refractivity contribution in [3.8, 4) is 5.75 Å². The molecule has 0 spiro atoms. The van der Waals surface area contributed by atoms with E-state index in [1.807, 2.05) is 60.7 Å². The van der Waals surface area contributed by atoms with E-state index in [4.69, 9.17) is 4.74 Å². The first-order valence-corrected chi connectivity index (χ1v) is 8.63. The lowest BCUT2D eigenvalue weighted by atomic mass is 9.87. The molecule has 2 heteroatoms. The smallest absolute Gasteiger partial charge is 0.153 e. The van der Waals surface area contributed by atoms with Crippen LogP contribution in [0, 0.1) is 0 Å². The molecule has 0 heterocycles. The molecule has 0 fully saturated rings. The summed E-state index contributed by atoms with van der Waals surface area (Å²) in [6.07, 6.45) is 1.82. The van der Waals surface area contributed by atoms with Gasteiger partial charge in [-0.05, 0) is 23.6 Å². The van der Waals surface area contributed by atoms with Crippen LogP contribution < -0.4 is 4.74 Å². The molecule has 0 bridgehead atoms. The van der Waals surface area contributed by atoms with Crippen molar-refractivity contribution in [3.05, 3.63) is 101 Å². The van der Waals surface area contributed by atoms with Gasteiger partial charge in [0.15, 0.2) is 6.29 Å². The van der Waals surface area contributed by atoms with E-state index in [9.17, 15) is 4.79 Å². The Morgan fingerprint density at radius 2 is 1.56 bits per heavy atom. The molecule has 0 aromatic heterocycles. The Labute approximate surface area is 149 Å². The lowest BCUT2D eigenvalue weighted by Gasteiger charge is -2.21. The minimum absolute atomic E-state index is 0.201.